The number of ether oxygens (including phenoxy) is 1. The van der Waals surface area contributed by atoms with Gasteiger partial charge in [-0.15, -0.1) is 16.8 Å². The predicted molar refractivity (Wildman–Crippen MR) is 116 cm³/mol. The van der Waals surface area contributed by atoms with Crippen molar-refractivity contribution in [3.8, 4) is 5.75 Å². The molecular weight excluding hydrogens is 403 g/mol. The Hall–Kier alpha value is -3.13. The van der Waals surface area contributed by atoms with Crippen LogP contribution in [0.3, 0.4) is 0 Å². The number of halogens is 1. The number of hydrogen-bond acceptors (Lipinski definition) is 5. The van der Waals surface area contributed by atoms with Crippen LogP contribution in [0.1, 0.15) is 17.0 Å². The van der Waals surface area contributed by atoms with Gasteiger partial charge in [0.25, 0.3) is 0 Å². The number of amides is 1. The third-order valence-electron chi connectivity index (χ3n) is 4.30. The Morgan fingerprint density at radius 1 is 1.27 bits per heavy atom. The molecule has 0 aliphatic rings. The first kappa shape index (κ1) is 21.6. The molecule has 0 fully saturated rings. The minimum atomic E-state index is -0.440. The number of thioether (sulfide) groups is 1. The molecule has 0 atom stereocenters. The van der Waals surface area contributed by atoms with E-state index in [-0.39, 0.29) is 24.0 Å². The van der Waals surface area contributed by atoms with Gasteiger partial charge in [-0.05, 0) is 43.2 Å². The number of hydrogen-bond donors (Lipinski definition) is 1. The van der Waals surface area contributed by atoms with Gasteiger partial charge >= 0.3 is 0 Å². The van der Waals surface area contributed by atoms with Crippen molar-refractivity contribution < 1.29 is 13.9 Å². The third-order valence-corrected chi connectivity index (χ3v) is 5.26. The van der Waals surface area contributed by atoms with Crippen molar-refractivity contribution in [1.29, 1.82) is 0 Å². The molecule has 0 bridgehead atoms. The van der Waals surface area contributed by atoms with Crippen molar-refractivity contribution >= 4 is 23.4 Å². The topological polar surface area (TPSA) is 69.0 Å². The molecule has 3 aromatic rings. The molecule has 1 amide bonds. The van der Waals surface area contributed by atoms with E-state index < -0.39 is 5.82 Å². The average Bonchev–Trinajstić information content (AvgIpc) is 3.10. The zero-order chi connectivity index (χ0) is 21.5. The molecule has 8 heteroatoms. The van der Waals surface area contributed by atoms with E-state index in [1.807, 2.05) is 32.0 Å². The second-order valence-corrected chi connectivity index (χ2v) is 7.61. The van der Waals surface area contributed by atoms with Gasteiger partial charge in [0.05, 0.1) is 5.75 Å². The van der Waals surface area contributed by atoms with Crippen molar-refractivity contribution in [2.24, 2.45) is 0 Å². The second-order valence-electron chi connectivity index (χ2n) is 6.67. The van der Waals surface area contributed by atoms with Crippen molar-refractivity contribution in [2.45, 2.75) is 32.2 Å². The molecule has 0 radical (unpaired) electrons. The Labute approximate surface area is 179 Å². The number of allylic oxidation sites excluding steroid dienone is 1. The van der Waals surface area contributed by atoms with Crippen LogP contribution in [0.4, 0.5) is 10.1 Å². The lowest BCUT2D eigenvalue weighted by Gasteiger charge is -2.11. The number of carbonyl (C=O) groups excluding carboxylic acids is 1. The Balaban J connectivity index is 1.64. The number of anilines is 1. The van der Waals surface area contributed by atoms with E-state index >= 15 is 0 Å². The molecule has 0 aliphatic heterocycles. The lowest BCUT2D eigenvalue weighted by Crippen LogP contribution is -2.15. The number of nitrogens with one attached hydrogen (secondary N) is 1. The predicted octanol–water partition coefficient (Wildman–Crippen LogP) is 4.53. The highest BCUT2D eigenvalue weighted by atomic mass is 32.2. The summed E-state index contributed by atoms with van der Waals surface area (Å²) in [5.74, 6) is 0.274. The van der Waals surface area contributed by atoms with E-state index in [1.165, 1.54) is 17.8 Å². The second kappa shape index (κ2) is 10.1. The van der Waals surface area contributed by atoms with Gasteiger partial charge in [-0.25, -0.2) is 4.39 Å². The Bertz CT molecular complexity index is 1050. The van der Waals surface area contributed by atoms with Crippen LogP contribution in [-0.4, -0.2) is 26.4 Å². The summed E-state index contributed by atoms with van der Waals surface area (Å²) in [6, 6.07) is 12.1. The Morgan fingerprint density at radius 3 is 2.83 bits per heavy atom. The smallest absolute Gasteiger partial charge is 0.234 e. The summed E-state index contributed by atoms with van der Waals surface area (Å²) in [6.45, 7) is 8.18. The maximum atomic E-state index is 13.8. The monoisotopic (exact) mass is 426 g/mol. The fourth-order valence-corrected chi connectivity index (χ4v) is 3.50. The molecule has 0 unspecified atom stereocenters. The molecule has 1 aromatic heterocycles. The zero-order valence-electron chi connectivity index (χ0n) is 16.9. The molecule has 6 nitrogen and oxygen atoms in total. The standard InChI is InChI=1S/C22H23FN4O2S/c1-4-11-27-20(13-29-19-8-6-5-7-17(19)23)25-26-22(27)30-14-21(28)24-18-12-15(2)9-10-16(18)3/h4-10,12H,1,11,13-14H2,2-3H3,(H,24,28). The van der Waals surface area contributed by atoms with Crippen LogP contribution in [-0.2, 0) is 17.9 Å². The highest BCUT2D eigenvalue weighted by Gasteiger charge is 2.15. The van der Waals surface area contributed by atoms with Crippen LogP contribution in [0, 0.1) is 19.7 Å². The quantitative estimate of drug-likeness (QED) is 0.402. The molecule has 0 aliphatic carbocycles. The number of aromatic nitrogens is 3. The van der Waals surface area contributed by atoms with E-state index in [2.05, 4.69) is 22.1 Å². The number of para-hydroxylation sites is 1. The van der Waals surface area contributed by atoms with Gasteiger partial charge in [-0.2, -0.15) is 0 Å². The van der Waals surface area contributed by atoms with Crippen LogP contribution < -0.4 is 10.1 Å². The SMILES string of the molecule is C=CCn1c(COc2ccccc2F)nnc1SCC(=O)Nc1cc(C)ccc1C. The van der Waals surface area contributed by atoms with E-state index in [9.17, 15) is 9.18 Å². The fraction of sp³-hybridized carbons (Fsp3) is 0.227. The molecular formula is C22H23FN4O2S. The summed E-state index contributed by atoms with van der Waals surface area (Å²) in [5.41, 5.74) is 2.88. The van der Waals surface area contributed by atoms with Gasteiger partial charge in [0.1, 0.15) is 6.61 Å². The summed E-state index contributed by atoms with van der Waals surface area (Å²) >= 11 is 1.27. The fourth-order valence-electron chi connectivity index (χ4n) is 2.74. The van der Waals surface area contributed by atoms with Gasteiger partial charge in [0, 0.05) is 12.2 Å². The number of rotatable bonds is 9. The van der Waals surface area contributed by atoms with Gasteiger partial charge in [-0.3, -0.25) is 9.36 Å². The van der Waals surface area contributed by atoms with Gasteiger partial charge < -0.3 is 10.1 Å². The Morgan fingerprint density at radius 2 is 2.07 bits per heavy atom. The number of aryl methyl sites for hydroxylation is 2. The van der Waals surface area contributed by atoms with Crippen molar-refractivity contribution in [1.82, 2.24) is 14.8 Å². The maximum Gasteiger partial charge on any atom is 0.234 e. The van der Waals surface area contributed by atoms with E-state index in [4.69, 9.17) is 4.74 Å². The van der Waals surface area contributed by atoms with E-state index in [0.717, 1.165) is 16.8 Å². The van der Waals surface area contributed by atoms with Crippen LogP contribution in [0.5, 0.6) is 5.75 Å². The van der Waals surface area contributed by atoms with Gasteiger partial charge in [-0.1, -0.05) is 42.1 Å². The van der Waals surface area contributed by atoms with Gasteiger partial charge in [0.2, 0.25) is 5.91 Å². The minimum Gasteiger partial charge on any atom is -0.483 e. The highest BCUT2D eigenvalue weighted by molar-refractivity contribution is 7.99. The first-order valence-corrected chi connectivity index (χ1v) is 10.4. The first-order chi connectivity index (χ1) is 14.5. The van der Waals surface area contributed by atoms with Crippen LogP contribution in [0.2, 0.25) is 0 Å². The number of carbonyl (C=O) groups is 1. The largest absolute Gasteiger partial charge is 0.483 e. The van der Waals surface area contributed by atoms with Crippen LogP contribution >= 0.6 is 11.8 Å². The van der Waals surface area contributed by atoms with Crippen LogP contribution in [0.15, 0.2) is 60.3 Å². The number of benzene rings is 2. The molecule has 3 rings (SSSR count). The molecule has 30 heavy (non-hydrogen) atoms. The molecule has 156 valence electrons. The molecule has 2 aromatic carbocycles. The third kappa shape index (κ3) is 5.48. The normalized spacial score (nSPS) is 10.6. The molecule has 1 N–H and O–H groups in total. The lowest BCUT2D eigenvalue weighted by atomic mass is 10.1. The minimum absolute atomic E-state index is 0.0526. The van der Waals surface area contributed by atoms with Gasteiger partial charge in [0.15, 0.2) is 22.5 Å². The summed E-state index contributed by atoms with van der Waals surface area (Å²) < 4.78 is 21.1. The summed E-state index contributed by atoms with van der Waals surface area (Å²) in [6.07, 6.45) is 1.70. The molecule has 0 saturated carbocycles. The van der Waals surface area contributed by atoms with Crippen molar-refractivity contribution in [3.05, 3.63) is 77.9 Å². The average molecular weight is 427 g/mol. The maximum absolute atomic E-state index is 13.8. The highest BCUT2D eigenvalue weighted by Crippen LogP contribution is 2.21. The molecule has 1 heterocycles. The van der Waals surface area contributed by atoms with E-state index in [0.29, 0.717) is 17.5 Å². The van der Waals surface area contributed by atoms with E-state index in [1.54, 1.807) is 28.8 Å². The lowest BCUT2D eigenvalue weighted by molar-refractivity contribution is -0.113. The zero-order valence-corrected chi connectivity index (χ0v) is 17.7. The van der Waals surface area contributed by atoms with Crippen molar-refractivity contribution in [2.75, 3.05) is 11.1 Å². The summed E-state index contributed by atoms with van der Waals surface area (Å²) in [4.78, 5) is 12.4. The summed E-state index contributed by atoms with van der Waals surface area (Å²) in [5, 5.41) is 11.8. The molecule has 0 saturated heterocycles. The van der Waals surface area contributed by atoms with Crippen molar-refractivity contribution in [3.63, 3.8) is 0 Å². The number of nitrogens with zero attached hydrogens (tertiary/aromatic N) is 3. The first-order valence-electron chi connectivity index (χ1n) is 9.38. The van der Waals surface area contributed by atoms with Crippen LogP contribution in [0.25, 0.3) is 0 Å². The molecule has 0 spiro atoms. The Kier molecular flexibility index (Phi) is 7.24. The summed E-state index contributed by atoms with van der Waals surface area (Å²) in [7, 11) is 0.